The first-order chi connectivity index (χ1) is 13.7. The quantitative estimate of drug-likeness (QED) is 0.720. The first kappa shape index (κ1) is 18.2. The molecule has 28 heavy (non-hydrogen) atoms. The molecular weight excluding hydrogens is 352 g/mol. The highest BCUT2D eigenvalue weighted by molar-refractivity contribution is 6.04. The summed E-state index contributed by atoms with van der Waals surface area (Å²) in [4.78, 5) is 12.6. The van der Waals surface area contributed by atoms with Gasteiger partial charge in [-0.1, -0.05) is 24.6 Å². The fourth-order valence-electron chi connectivity index (χ4n) is 3.53. The van der Waals surface area contributed by atoms with Gasteiger partial charge in [0, 0.05) is 29.8 Å². The number of benzene rings is 2. The summed E-state index contributed by atoms with van der Waals surface area (Å²) in [7, 11) is 0. The van der Waals surface area contributed by atoms with Crippen molar-refractivity contribution in [2.75, 3.05) is 11.9 Å². The van der Waals surface area contributed by atoms with E-state index in [-0.39, 0.29) is 5.91 Å². The van der Waals surface area contributed by atoms with E-state index in [4.69, 9.17) is 4.74 Å². The smallest absolute Gasteiger partial charge is 0.255 e. The number of nitrogens with one attached hydrogen (secondary N) is 1. The van der Waals surface area contributed by atoms with Crippen molar-refractivity contribution in [3.05, 3.63) is 59.9 Å². The minimum absolute atomic E-state index is 0.168. The summed E-state index contributed by atoms with van der Waals surface area (Å²) in [5.74, 6) is 2.44. The van der Waals surface area contributed by atoms with Gasteiger partial charge in [-0.15, -0.1) is 10.2 Å². The van der Waals surface area contributed by atoms with Crippen molar-refractivity contribution >= 4 is 11.6 Å². The van der Waals surface area contributed by atoms with E-state index in [0.29, 0.717) is 17.9 Å². The van der Waals surface area contributed by atoms with E-state index in [1.54, 1.807) is 12.1 Å². The normalized spacial score (nSPS) is 13.5. The number of nitrogens with zero attached hydrogens (tertiary/aromatic N) is 3. The Morgan fingerprint density at radius 3 is 2.89 bits per heavy atom. The molecule has 1 amide bonds. The minimum Gasteiger partial charge on any atom is -0.494 e. The molecule has 0 radical (unpaired) electrons. The maximum absolute atomic E-state index is 12.6. The predicted octanol–water partition coefficient (Wildman–Crippen LogP) is 4.32. The van der Waals surface area contributed by atoms with Crippen LogP contribution in [0.2, 0.25) is 0 Å². The third kappa shape index (κ3) is 3.91. The summed E-state index contributed by atoms with van der Waals surface area (Å²) < 4.78 is 7.69. The second kappa shape index (κ2) is 8.25. The van der Waals surface area contributed by atoms with Crippen molar-refractivity contribution in [3.63, 3.8) is 0 Å². The van der Waals surface area contributed by atoms with Crippen molar-refractivity contribution in [2.24, 2.45) is 0 Å². The molecule has 0 fully saturated rings. The van der Waals surface area contributed by atoms with E-state index in [1.807, 2.05) is 43.3 Å². The molecule has 0 aliphatic carbocycles. The van der Waals surface area contributed by atoms with Gasteiger partial charge < -0.3 is 14.6 Å². The molecule has 1 N–H and O–H groups in total. The highest BCUT2D eigenvalue weighted by Gasteiger charge is 2.16. The first-order valence-electron chi connectivity index (χ1n) is 9.81. The highest BCUT2D eigenvalue weighted by Crippen LogP contribution is 2.25. The molecule has 1 aliphatic rings. The summed E-state index contributed by atoms with van der Waals surface area (Å²) in [6, 6.07) is 15.0. The molecule has 1 aliphatic heterocycles. The summed E-state index contributed by atoms with van der Waals surface area (Å²) in [5.41, 5.74) is 2.25. The van der Waals surface area contributed by atoms with Crippen LogP contribution in [0.1, 0.15) is 42.4 Å². The number of rotatable bonds is 5. The van der Waals surface area contributed by atoms with Crippen LogP contribution in [0.25, 0.3) is 11.4 Å². The van der Waals surface area contributed by atoms with E-state index in [1.165, 1.54) is 6.42 Å². The number of fused-ring (bicyclic) bond motifs is 1. The van der Waals surface area contributed by atoms with Crippen LogP contribution < -0.4 is 10.1 Å². The Balaban J connectivity index is 1.55. The molecule has 0 bridgehead atoms. The van der Waals surface area contributed by atoms with Gasteiger partial charge in [-0.3, -0.25) is 4.79 Å². The Kier molecular flexibility index (Phi) is 5.37. The number of hydrogen-bond donors (Lipinski definition) is 1. The number of amides is 1. The van der Waals surface area contributed by atoms with Crippen LogP contribution in [0.5, 0.6) is 5.75 Å². The standard InChI is InChI=1S/C22H24N4O2/c1-2-28-19-11-7-9-17(15-19)22(27)23-18-10-6-8-16(14-18)21-25-24-20-12-4-3-5-13-26(20)21/h6-11,14-15H,2-5,12-13H2,1H3,(H,23,27). The summed E-state index contributed by atoms with van der Waals surface area (Å²) >= 11 is 0. The largest absolute Gasteiger partial charge is 0.494 e. The third-order valence-electron chi connectivity index (χ3n) is 4.90. The van der Waals surface area contributed by atoms with Crippen LogP contribution in [0.15, 0.2) is 48.5 Å². The number of hydrogen-bond acceptors (Lipinski definition) is 4. The van der Waals surface area contributed by atoms with Gasteiger partial charge >= 0.3 is 0 Å². The zero-order valence-electron chi connectivity index (χ0n) is 16.0. The van der Waals surface area contributed by atoms with Crippen LogP contribution in [-0.2, 0) is 13.0 Å². The molecule has 0 atom stereocenters. The molecule has 6 heteroatoms. The van der Waals surface area contributed by atoms with E-state index in [2.05, 4.69) is 20.1 Å². The lowest BCUT2D eigenvalue weighted by Crippen LogP contribution is -2.12. The van der Waals surface area contributed by atoms with Gasteiger partial charge in [-0.25, -0.2) is 0 Å². The van der Waals surface area contributed by atoms with E-state index in [0.717, 1.165) is 48.7 Å². The Morgan fingerprint density at radius 1 is 1.11 bits per heavy atom. The molecule has 0 spiro atoms. The van der Waals surface area contributed by atoms with Crippen molar-refractivity contribution < 1.29 is 9.53 Å². The number of carbonyl (C=O) groups excluding carboxylic acids is 1. The van der Waals surface area contributed by atoms with E-state index in [9.17, 15) is 4.79 Å². The molecule has 0 saturated carbocycles. The van der Waals surface area contributed by atoms with Crippen LogP contribution >= 0.6 is 0 Å². The van der Waals surface area contributed by atoms with Gasteiger partial charge in [-0.2, -0.15) is 0 Å². The Labute approximate surface area is 164 Å². The summed E-state index contributed by atoms with van der Waals surface area (Å²) in [6.07, 6.45) is 4.50. The maximum atomic E-state index is 12.6. The Hall–Kier alpha value is -3.15. The zero-order valence-corrected chi connectivity index (χ0v) is 16.0. The van der Waals surface area contributed by atoms with Gasteiger partial charge in [0.25, 0.3) is 5.91 Å². The molecule has 1 aromatic heterocycles. The van der Waals surface area contributed by atoms with Crippen molar-refractivity contribution in [3.8, 4) is 17.1 Å². The van der Waals surface area contributed by atoms with Gasteiger partial charge in [0.2, 0.25) is 0 Å². The third-order valence-corrected chi connectivity index (χ3v) is 4.90. The lowest BCUT2D eigenvalue weighted by atomic mass is 10.1. The fourth-order valence-corrected chi connectivity index (χ4v) is 3.53. The van der Waals surface area contributed by atoms with E-state index >= 15 is 0 Å². The lowest BCUT2D eigenvalue weighted by molar-refractivity contribution is 0.102. The Bertz CT molecular complexity index is 980. The summed E-state index contributed by atoms with van der Waals surface area (Å²) in [5, 5.41) is 11.7. The van der Waals surface area contributed by atoms with E-state index < -0.39 is 0 Å². The number of aromatic nitrogens is 3. The molecule has 6 nitrogen and oxygen atoms in total. The van der Waals surface area contributed by atoms with Crippen LogP contribution in [0.4, 0.5) is 5.69 Å². The summed E-state index contributed by atoms with van der Waals surface area (Å²) in [6.45, 7) is 3.43. The number of carbonyl (C=O) groups is 1. The Morgan fingerprint density at radius 2 is 2.00 bits per heavy atom. The topological polar surface area (TPSA) is 69.0 Å². The van der Waals surface area contributed by atoms with Crippen LogP contribution in [-0.4, -0.2) is 27.3 Å². The molecule has 4 rings (SSSR count). The number of anilines is 1. The number of aryl methyl sites for hydroxylation is 1. The van der Waals surface area contributed by atoms with Crippen LogP contribution in [0.3, 0.4) is 0 Å². The zero-order chi connectivity index (χ0) is 19.3. The maximum Gasteiger partial charge on any atom is 0.255 e. The molecule has 0 saturated heterocycles. The average Bonchev–Trinajstić information content (AvgIpc) is 2.97. The van der Waals surface area contributed by atoms with Gasteiger partial charge in [0.05, 0.1) is 6.61 Å². The molecule has 2 heterocycles. The second-order valence-corrected chi connectivity index (χ2v) is 6.90. The van der Waals surface area contributed by atoms with Crippen LogP contribution in [0, 0.1) is 0 Å². The SMILES string of the molecule is CCOc1cccc(C(=O)Nc2cccc(-c3nnc4n3CCCCC4)c2)c1. The molecule has 0 unspecified atom stereocenters. The second-order valence-electron chi connectivity index (χ2n) is 6.90. The lowest BCUT2D eigenvalue weighted by Gasteiger charge is -2.10. The van der Waals surface area contributed by atoms with Gasteiger partial charge in [0.1, 0.15) is 11.6 Å². The molecule has 3 aromatic rings. The first-order valence-corrected chi connectivity index (χ1v) is 9.81. The average molecular weight is 376 g/mol. The minimum atomic E-state index is -0.168. The van der Waals surface area contributed by atoms with Gasteiger partial charge in [-0.05, 0) is 50.1 Å². The molecule has 2 aromatic carbocycles. The van der Waals surface area contributed by atoms with Gasteiger partial charge in [0.15, 0.2) is 5.82 Å². The predicted molar refractivity (Wildman–Crippen MR) is 109 cm³/mol. The number of ether oxygens (including phenoxy) is 1. The molecule has 144 valence electrons. The monoisotopic (exact) mass is 376 g/mol. The fraction of sp³-hybridized carbons (Fsp3) is 0.318. The van der Waals surface area contributed by atoms with Crippen molar-refractivity contribution in [2.45, 2.75) is 39.2 Å². The van der Waals surface area contributed by atoms with Crippen molar-refractivity contribution in [1.29, 1.82) is 0 Å². The molecular formula is C22H24N4O2. The highest BCUT2D eigenvalue weighted by atomic mass is 16.5. The van der Waals surface area contributed by atoms with Crippen molar-refractivity contribution in [1.82, 2.24) is 14.8 Å².